The maximum atomic E-state index is 14.8. The van der Waals surface area contributed by atoms with Gasteiger partial charge in [-0.05, 0) is 138 Å². The molecule has 0 unspecified atom stereocenters. The van der Waals surface area contributed by atoms with Crippen LogP contribution in [0, 0.1) is 26.2 Å². The first-order valence-corrected chi connectivity index (χ1v) is 32.7. The Kier molecular flexibility index (Phi) is 21.8. The molecule has 0 bridgehead atoms. The molecule has 1 heterocycles. The average molecular weight is 1280 g/mol. The van der Waals surface area contributed by atoms with Crippen LogP contribution in [0.1, 0.15) is 117 Å². The van der Waals surface area contributed by atoms with E-state index in [1.54, 1.807) is 41.5 Å². The summed E-state index contributed by atoms with van der Waals surface area (Å²) in [7, 11) is -4.30. The summed E-state index contributed by atoms with van der Waals surface area (Å²) in [4.78, 5) is 83.3. The predicted molar refractivity (Wildman–Crippen MR) is 350 cm³/mol. The van der Waals surface area contributed by atoms with Crippen LogP contribution in [0.3, 0.4) is 0 Å². The lowest BCUT2D eigenvalue weighted by Gasteiger charge is -2.36. The minimum Gasteiger partial charge on any atom is -0.487 e. The quantitative estimate of drug-likeness (QED) is 0.0107. The van der Waals surface area contributed by atoms with E-state index >= 15 is 0 Å². The number of carboxylic acids is 1. The van der Waals surface area contributed by atoms with E-state index in [0.29, 0.717) is 28.9 Å². The monoisotopic (exact) mass is 1280 g/mol. The number of alkyl carbamates (subject to hydrolysis) is 1. The van der Waals surface area contributed by atoms with Gasteiger partial charge in [0.05, 0.1) is 27.9 Å². The van der Waals surface area contributed by atoms with Crippen molar-refractivity contribution < 1.29 is 56.5 Å². The maximum absolute atomic E-state index is 14.8. The highest BCUT2D eigenvalue weighted by molar-refractivity contribution is 8.00. The second-order valence-electron chi connectivity index (χ2n) is 24.5. The third kappa shape index (κ3) is 16.4. The van der Waals surface area contributed by atoms with Crippen LogP contribution in [0.25, 0.3) is 11.1 Å². The highest BCUT2D eigenvalue weighted by Crippen LogP contribution is 2.49. The van der Waals surface area contributed by atoms with E-state index in [1.165, 1.54) is 25.6 Å². The number of amides is 5. The first-order chi connectivity index (χ1) is 43.1. The molecule has 0 spiro atoms. The summed E-state index contributed by atoms with van der Waals surface area (Å²) in [5.74, 6) is -4.96. The molecule has 1 aliphatic heterocycles. The van der Waals surface area contributed by atoms with E-state index in [-0.39, 0.29) is 42.6 Å². The van der Waals surface area contributed by atoms with Crippen LogP contribution in [0.15, 0.2) is 144 Å². The molecule has 8 rings (SSSR count). The van der Waals surface area contributed by atoms with Gasteiger partial charge in [-0.1, -0.05) is 140 Å². The van der Waals surface area contributed by atoms with Gasteiger partial charge in [-0.25, -0.2) is 22.7 Å². The molecule has 0 saturated carbocycles. The lowest BCUT2D eigenvalue weighted by molar-refractivity contribution is -0.150. The second kappa shape index (κ2) is 29.0. The lowest BCUT2D eigenvalue weighted by Crippen LogP contribution is -2.58. The number of sulfonamides is 1. The number of fused-ring (bicyclic) bond motifs is 4. The number of carbonyl (C=O) groups excluding carboxylic acids is 5. The van der Waals surface area contributed by atoms with Crippen LogP contribution in [0.5, 0.6) is 5.75 Å². The molecule has 1 aliphatic carbocycles. The Bertz CT molecular complexity index is 3630. The van der Waals surface area contributed by atoms with Crippen molar-refractivity contribution >= 4 is 63.4 Å². The van der Waals surface area contributed by atoms with Crippen LogP contribution in [-0.4, -0.2) is 122 Å². The molecular weight excluding hydrogens is 1200 g/mol. The van der Waals surface area contributed by atoms with Crippen LogP contribution in [0.2, 0.25) is 0 Å². The van der Waals surface area contributed by atoms with Crippen LogP contribution in [0.4, 0.5) is 4.79 Å². The standard InChI is InChI=1S/C69H82N8O12S2/c1-41-42(2)60(43(3)53-37-68(9,10)89-59(41)53)91(85,86)77-65(70)71-36-24-35-55(63(81)73-44(4)61(79)76-58(64(82)83)45(5)88-67(6,7)8)74-57(78)38-72-62(80)56(75-66(84)87-39-54-51-33-22-20-31-49(51)50-32-21-23-34-52(50)54)40-90-69(46-25-14-11-15-26-46,47-27-16-12-17-28-47)48-29-18-13-19-30-48/h11-23,25-34,44-45,54-56,58H,24,35-40H2,1-10H3,(H,72,80)(H,73,81)(H,74,78)(H,75,84)(H,76,79)(H,82,83)(H3,70,71,77)/t44-,45+,55-,56-,58-/m0/s1. The minimum atomic E-state index is -4.30. The third-order valence-electron chi connectivity index (χ3n) is 16.1. The zero-order valence-corrected chi connectivity index (χ0v) is 54.6. The smallest absolute Gasteiger partial charge is 0.407 e. The van der Waals surface area contributed by atoms with Crippen molar-refractivity contribution in [1.82, 2.24) is 36.6 Å². The van der Waals surface area contributed by atoms with Gasteiger partial charge >= 0.3 is 12.1 Å². The Morgan fingerprint density at radius 2 is 1.23 bits per heavy atom. The molecule has 482 valence electrons. The zero-order chi connectivity index (χ0) is 66.0. The number of thioether (sulfide) groups is 1. The molecular formula is C69H82N8O12S2. The Morgan fingerprint density at radius 1 is 0.692 bits per heavy atom. The van der Waals surface area contributed by atoms with E-state index < -0.39 is 104 Å². The summed E-state index contributed by atoms with van der Waals surface area (Å²) < 4.78 is 47.3. The van der Waals surface area contributed by atoms with Gasteiger partial charge in [0.25, 0.3) is 10.0 Å². The fraction of sp³-hybridized carbons (Fsp3) is 0.377. The molecule has 0 radical (unpaired) electrons. The topological polar surface area (TPSA) is 293 Å². The molecule has 6 aromatic carbocycles. The van der Waals surface area contributed by atoms with Crippen molar-refractivity contribution in [3.63, 3.8) is 0 Å². The average Bonchev–Trinajstić information content (AvgIpc) is 1.87. The lowest BCUT2D eigenvalue weighted by atomic mass is 9.84. The van der Waals surface area contributed by atoms with Gasteiger partial charge in [-0.2, -0.15) is 0 Å². The molecule has 0 saturated heterocycles. The number of carbonyl (C=O) groups is 6. The molecule has 9 N–H and O–H groups in total. The van der Waals surface area contributed by atoms with Crippen molar-refractivity contribution in [3.05, 3.63) is 190 Å². The van der Waals surface area contributed by atoms with Gasteiger partial charge in [0.1, 0.15) is 36.1 Å². The van der Waals surface area contributed by atoms with Gasteiger partial charge in [0.15, 0.2) is 6.04 Å². The fourth-order valence-electron chi connectivity index (χ4n) is 11.8. The van der Waals surface area contributed by atoms with Gasteiger partial charge in [-0.15, -0.1) is 11.8 Å². The second-order valence-corrected chi connectivity index (χ2v) is 27.4. The van der Waals surface area contributed by atoms with Crippen molar-refractivity contribution in [1.29, 1.82) is 5.41 Å². The summed E-state index contributed by atoms with van der Waals surface area (Å²) in [5, 5.41) is 34.5. The van der Waals surface area contributed by atoms with Crippen molar-refractivity contribution in [3.8, 4) is 16.9 Å². The number of benzene rings is 6. The van der Waals surface area contributed by atoms with E-state index in [9.17, 15) is 42.3 Å². The third-order valence-corrected chi connectivity index (χ3v) is 19.4. The van der Waals surface area contributed by atoms with E-state index in [0.717, 1.165) is 44.5 Å². The summed E-state index contributed by atoms with van der Waals surface area (Å²) in [6.07, 6.45) is -1.49. The van der Waals surface area contributed by atoms with Crippen molar-refractivity contribution in [2.24, 2.45) is 0 Å². The van der Waals surface area contributed by atoms with Crippen molar-refractivity contribution in [2.75, 3.05) is 25.4 Å². The molecule has 22 heteroatoms. The maximum Gasteiger partial charge on any atom is 0.407 e. The van der Waals surface area contributed by atoms with Gasteiger partial charge in [-0.3, -0.25) is 24.6 Å². The number of hydrogen-bond donors (Lipinski definition) is 9. The molecule has 20 nitrogen and oxygen atoms in total. The largest absolute Gasteiger partial charge is 0.487 e. The number of rotatable bonds is 26. The highest BCUT2D eigenvalue weighted by Gasteiger charge is 2.41. The Morgan fingerprint density at radius 3 is 1.77 bits per heavy atom. The SMILES string of the molecule is Cc1c(C)c(S(=O)(=O)NC(=N)NCCC[C@H](NC(=O)CNC(=O)[C@H](CSC(c2ccccc2)(c2ccccc2)c2ccccc2)NC(=O)OCC2c3ccccc3-c3ccccc32)C(=O)N[C@@H](C)C(=O)N[C@H](C(=O)O)[C@@H](C)OC(C)(C)C)c(C)c2c1OC(C)(C)C2. The Hall–Kier alpha value is -8.73. The summed E-state index contributed by atoms with van der Waals surface area (Å²) >= 11 is 1.40. The van der Waals surface area contributed by atoms with E-state index in [1.807, 2.05) is 153 Å². The Balaban J connectivity index is 1.00. The molecule has 91 heavy (non-hydrogen) atoms. The zero-order valence-electron chi connectivity index (χ0n) is 52.9. The molecule has 0 aromatic heterocycles. The Labute approximate surface area is 536 Å². The van der Waals surface area contributed by atoms with E-state index in [2.05, 4.69) is 36.6 Å². The first kappa shape index (κ1) is 68.2. The molecule has 5 atom stereocenters. The fourth-order valence-corrected chi connectivity index (χ4v) is 14.9. The number of nitrogens with one attached hydrogen (secondary N) is 8. The number of hydrogen-bond acceptors (Lipinski definition) is 13. The minimum absolute atomic E-state index is 0.0323. The summed E-state index contributed by atoms with van der Waals surface area (Å²) in [6, 6.07) is 39.5. The molecule has 6 aromatic rings. The van der Waals surface area contributed by atoms with Crippen LogP contribution in [-0.2, 0) is 54.6 Å². The van der Waals surface area contributed by atoms with Gasteiger partial charge in [0, 0.05) is 30.2 Å². The first-order valence-electron chi connectivity index (χ1n) is 30.3. The van der Waals surface area contributed by atoms with Gasteiger partial charge in [0.2, 0.25) is 29.6 Å². The number of ether oxygens (including phenoxy) is 3. The normalized spacial score (nSPS) is 14.9. The van der Waals surface area contributed by atoms with Crippen molar-refractivity contribution in [2.45, 2.75) is 146 Å². The molecule has 5 amide bonds. The number of carboxylic acid groups (broad SMARTS) is 1. The number of aliphatic carboxylic acids is 1. The summed E-state index contributed by atoms with van der Waals surface area (Å²) in [6.45, 7) is 16.2. The van der Waals surface area contributed by atoms with E-state index in [4.69, 9.17) is 19.6 Å². The predicted octanol–water partition coefficient (Wildman–Crippen LogP) is 8.42. The highest BCUT2D eigenvalue weighted by atomic mass is 32.2. The van der Waals surface area contributed by atoms with Gasteiger partial charge < -0.3 is 51.2 Å². The summed E-state index contributed by atoms with van der Waals surface area (Å²) in [5.41, 5.74) is 7.85. The van der Waals surface area contributed by atoms with Crippen LogP contribution >= 0.6 is 11.8 Å². The molecule has 2 aliphatic rings. The number of guanidine groups is 1. The molecule has 0 fully saturated rings. The van der Waals surface area contributed by atoms with Crippen LogP contribution < -0.4 is 41.4 Å².